The summed E-state index contributed by atoms with van der Waals surface area (Å²) in [5, 5.41) is 12.8. The molecule has 5 rings (SSSR count). The number of carbonyl (C=O) groups excluding carboxylic acids is 1. The highest BCUT2D eigenvalue weighted by Gasteiger charge is 2.20. The molecule has 0 radical (unpaired) electrons. The summed E-state index contributed by atoms with van der Waals surface area (Å²) in [4.78, 5) is 25.7. The molecule has 166 valence electrons. The summed E-state index contributed by atoms with van der Waals surface area (Å²) in [6, 6.07) is 16.9. The van der Waals surface area contributed by atoms with Crippen LogP contribution in [0.2, 0.25) is 0 Å². The maximum atomic E-state index is 13.1. The zero-order valence-corrected chi connectivity index (χ0v) is 18.4. The molecule has 33 heavy (non-hydrogen) atoms. The Hall–Kier alpha value is -4.20. The molecule has 0 fully saturated rings. The SMILES string of the molecule is CC1=NNCC1c1ccc2c(=O)n(Cc3cccc(C(=O)Nc4ccn(C)n4)c3)ccc2c1. The number of rotatable bonds is 5. The minimum absolute atomic E-state index is 0.0580. The van der Waals surface area contributed by atoms with Gasteiger partial charge in [-0.1, -0.05) is 24.3 Å². The standard InChI is InChI=1S/C25H24N6O2/c1-16-22(14-26-28-16)18-6-7-21-19(13-18)8-11-31(25(21)33)15-17-4-3-5-20(12-17)24(32)27-23-9-10-30(2)29-23/h3-13,22,26H,14-15H2,1-2H3,(H,27,29,32). The molecule has 0 aliphatic carbocycles. The van der Waals surface area contributed by atoms with Gasteiger partial charge in [-0.25, -0.2) is 0 Å². The molecule has 1 aliphatic rings. The third-order valence-corrected chi connectivity index (χ3v) is 5.96. The first-order valence-electron chi connectivity index (χ1n) is 10.8. The maximum Gasteiger partial charge on any atom is 0.258 e. The van der Waals surface area contributed by atoms with E-state index in [1.165, 1.54) is 0 Å². The molecule has 0 bridgehead atoms. The molecule has 1 unspecified atom stereocenters. The molecule has 2 N–H and O–H groups in total. The van der Waals surface area contributed by atoms with Gasteiger partial charge in [0.15, 0.2) is 5.82 Å². The minimum Gasteiger partial charge on any atom is -0.311 e. The summed E-state index contributed by atoms with van der Waals surface area (Å²) < 4.78 is 3.29. The van der Waals surface area contributed by atoms with Gasteiger partial charge in [-0.15, -0.1) is 0 Å². The zero-order valence-electron chi connectivity index (χ0n) is 18.4. The molecule has 4 aromatic rings. The van der Waals surface area contributed by atoms with E-state index in [9.17, 15) is 9.59 Å². The number of hydrogen-bond donors (Lipinski definition) is 2. The summed E-state index contributed by atoms with van der Waals surface area (Å²) in [5.74, 6) is 0.485. The van der Waals surface area contributed by atoms with E-state index in [-0.39, 0.29) is 17.4 Å². The number of hydrazone groups is 1. The Morgan fingerprint density at radius 3 is 2.79 bits per heavy atom. The van der Waals surface area contributed by atoms with Crippen molar-refractivity contribution in [2.45, 2.75) is 19.4 Å². The van der Waals surface area contributed by atoms with E-state index in [1.807, 2.05) is 43.5 Å². The second kappa shape index (κ2) is 8.38. The third kappa shape index (κ3) is 4.15. The average Bonchev–Trinajstić information content (AvgIpc) is 3.43. The van der Waals surface area contributed by atoms with Crippen molar-refractivity contribution in [1.82, 2.24) is 19.8 Å². The van der Waals surface area contributed by atoms with Gasteiger partial charge in [0.05, 0.1) is 6.54 Å². The van der Waals surface area contributed by atoms with Crippen molar-refractivity contribution in [2.75, 3.05) is 11.9 Å². The number of amides is 1. The normalized spacial score (nSPS) is 15.3. The number of aromatic nitrogens is 3. The number of nitrogens with one attached hydrogen (secondary N) is 2. The molecular formula is C25H24N6O2. The van der Waals surface area contributed by atoms with Crippen LogP contribution in [-0.2, 0) is 13.6 Å². The van der Waals surface area contributed by atoms with Crippen LogP contribution in [0, 0.1) is 0 Å². The molecule has 8 nitrogen and oxygen atoms in total. The van der Waals surface area contributed by atoms with Crippen LogP contribution in [0.3, 0.4) is 0 Å². The number of pyridine rings is 1. The minimum atomic E-state index is -0.242. The summed E-state index contributed by atoms with van der Waals surface area (Å²) in [6.07, 6.45) is 3.57. The van der Waals surface area contributed by atoms with Gasteiger partial charge in [0.2, 0.25) is 0 Å². The molecule has 0 saturated carbocycles. The van der Waals surface area contributed by atoms with Gasteiger partial charge in [0, 0.05) is 54.6 Å². The Bertz CT molecular complexity index is 1450. The predicted octanol–water partition coefficient (Wildman–Crippen LogP) is 3.10. The second-order valence-corrected chi connectivity index (χ2v) is 8.29. The molecule has 1 amide bonds. The number of fused-ring (bicyclic) bond motifs is 1. The number of aryl methyl sites for hydroxylation is 1. The van der Waals surface area contributed by atoms with Gasteiger partial charge in [-0.2, -0.15) is 10.2 Å². The van der Waals surface area contributed by atoms with Crippen LogP contribution in [0.1, 0.15) is 34.3 Å². The van der Waals surface area contributed by atoms with Crippen molar-refractivity contribution in [3.63, 3.8) is 0 Å². The van der Waals surface area contributed by atoms with E-state index in [2.05, 4.69) is 27.0 Å². The fourth-order valence-corrected chi connectivity index (χ4v) is 4.17. The molecule has 0 saturated heterocycles. The van der Waals surface area contributed by atoms with E-state index in [0.717, 1.165) is 28.8 Å². The first kappa shape index (κ1) is 20.7. The maximum absolute atomic E-state index is 13.1. The Morgan fingerprint density at radius 1 is 1.15 bits per heavy atom. The Labute approximate surface area is 190 Å². The van der Waals surface area contributed by atoms with Crippen LogP contribution in [0.25, 0.3) is 10.8 Å². The molecule has 0 spiro atoms. The van der Waals surface area contributed by atoms with Crippen LogP contribution in [0.4, 0.5) is 5.82 Å². The van der Waals surface area contributed by atoms with Gasteiger partial charge in [-0.05, 0) is 47.7 Å². The van der Waals surface area contributed by atoms with Crippen LogP contribution in [-0.4, -0.2) is 32.5 Å². The van der Waals surface area contributed by atoms with Crippen molar-refractivity contribution in [3.05, 3.63) is 94.0 Å². The quantitative estimate of drug-likeness (QED) is 0.499. The average molecular weight is 441 g/mol. The van der Waals surface area contributed by atoms with Gasteiger partial charge in [-0.3, -0.25) is 14.3 Å². The largest absolute Gasteiger partial charge is 0.311 e. The summed E-state index contributed by atoms with van der Waals surface area (Å²) >= 11 is 0. The van der Waals surface area contributed by atoms with E-state index in [4.69, 9.17) is 0 Å². The van der Waals surface area contributed by atoms with Crippen molar-refractivity contribution in [1.29, 1.82) is 0 Å². The fraction of sp³-hybridized carbons (Fsp3) is 0.200. The topological polar surface area (TPSA) is 93.3 Å². The number of hydrogen-bond acceptors (Lipinski definition) is 5. The first-order valence-corrected chi connectivity index (χ1v) is 10.8. The predicted molar refractivity (Wildman–Crippen MR) is 129 cm³/mol. The van der Waals surface area contributed by atoms with Crippen molar-refractivity contribution >= 4 is 28.2 Å². The molecule has 2 aromatic heterocycles. The first-order chi connectivity index (χ1) is 16.0. The fourth-order valence-electron chi connectivity index (χ4n) is 4.17. The molecule has 1 atom stereocenters. The Morgan fingerprint density at radius 2 is 2.03 bits per heavy atom. The van der Waals surface area contributed by atoms with Gasteiger partial charge in [0.25, 0.3) is 11.5 Å². The molecule has 1 aliphatic heterocycles. The lowest BCUT2D eigenvalue weighted by Crippen LogP contribution is -2.21. The number of carbonyl (C=O) groups is 1. The number of benzene rings is 2. The van der Waals surface area contributed by atoms with Crippen molar-refractivity contribution < 1.29 is 4.79 Å². The monoisotopic (exact) mass is 440 g/mol. The lowest BCUT2D eigenvalue weighted by atomic mass is 9.94. The Balaban J connectivity index is 1.38. The number of anilines is 1. The van der Waals surface area contributed by atoms with E-state index in [0.29, 0.717) is 23.3 Å². The summed E-state index contributed by atoms with van der Waals surface area (Å²) in [7, 11) is 1.79. The lowest BCUT2D eigenvalue weighted by Gasteiger charge is -2.12. The lowest BCUT2D eigenvalue weighted by molar-refractivity contribution is 0.102. The van der Waals surface area contributed by atoms with Gasteiger partial charge < -0.3 is 15.3 Å². The molecule has 3 heterocycles. The zero-order chi connectivity index (χ0) is 22.9. The second-order valence-electron chi connectivity index (χ2n) is 8.29. The summed E-state index contributed by atoms with van der Waals surface area (Å²) in [6.45, 7) is 3.16. The smallest absolute Gasteiger partial charge is 0.258 e. The highest BCUT2D eigenvalue weighted by molar-refractivity contribution is 6.03. The summed E-state index contributed by atoms with van der Waals surface area (Å²) in [5.41, 5.74) is 6.55. The highest BCUT2D eigenvalue weighted by Crippen LogP contribution is 2.23. The molecule has 2 aromatic carbocycles. The van der Waals surface area contributed by atoms with Crippen LogP contribution < -0.4 is 16.3 Å². The van der Waals surface area contributed by atoms with E-state index >= 15 is 0 Å². The van der Waals surface area contributed by atoms with E-state index in [1.54, 1.807) is 40.7 Å². The number of nitrogens with zero attached hydrogens (tertiary/aromatic N) is 4. The molecule has 8 heteroatoms. The third-order valence-electron chi connectivity index (χ3n) is 5.96. The van der Waals surface area contributed by atoms with Crippen LogP contribution in [0.5, 0.6) is 0 Å². The highest BCUT2D eigenvalue weighted by atomic mass is 16.1. The van der Waals surface area contributed by atoms with Crippen LogP contribution in [0.15, 0.2) is 76.9 Å². The van der Waals surface area contributed by atoms with Crippen LogP contribution >= 0.6 is 0 Å². The Kier molecular flexibility index (Phi) is 5.26. The van der Waals surface area contributed by atoms with Gasteiger partial charge >= 0.3 is 0 Å². The van der Waals surface area contributed by atoms with Crippen molar-refractivity contribution in [2.24, 2.45) is 12.1 Å². The van der Waals surface area contributed by atoms with E-state index < -0.39 is 0 Å². The van der Waals surface area contributed by atoms with Gasteiger partial charge in [0.1, 0.15) is 0 Å². The molecular weight excluding hydrogens is 416 g/mol. The van der Waals surface area contributed by atoms with Crippen molar-refractivity contribution in [3.8, 4) is 0 Å².